The molecule has 1 atom stereocenters. The van der Waals surface area contributed by atoms with E-state index in [4.69, 9.17) is 5.11 Å². The van der Waals surface area contributed by atoms with Crippen molar-refractivity contribution < 1.29 is 31.5 Å². The summed E-state index contributed by atoms with van der Waals surface area (Å²) in [5, 5.41) is 9.14. The summed E-state index contributed by atoms with van der Waals surface area (Å²) in [6.45, 7) is 0. The van der Waals surface area contributed by atoms with Gasteiger partial charge in [0.05, 0.1) is 16.2 Å². The molecule has 8 heteroatoms. The number of hydrogen-bond donors (Lipinski definition) is 1. The number of carbonyl (C=O) groups excluding carboxylic acids is 1. The standard InChI is InChI=1S/C10H7F3O4S/c11-7-2-8-6(1-5(7)3-14)10(12,13)9(15)4-18(8,16)17/h1-3,9,15H,4H2. The van der Waals surface area contributed by atoms with Crippen molar-refractivity contribution in [1.82, 2.24) is 0 Å². The molecule has 4 nitrogen and oxygen atoms in total. The minimum Gasteiger partial charge on any atom is -0.385 e. The summed E-state index contributed by atoms with van der Waals surface area (Å²) in [4.78, 5) is 9.58. The summed E-state index contributed by atoms with van der Waals surface area (Å²) in [6, 6.07) is 0.839. The van der Waals surface area contributed by atoms with Crippen molar-refractivity contribution in [3.63, 3.8) is 0 Å². The van der Waals surface area contributed by atoms with Gasteiger partial charge in [-0.1, -0.05) is 0 Å². The van der Waals surface area contributed by atoms with E-state index >= 15 is 0 Å². The van der Waals surface area contributed by atoms with E-state index < -0.39 is 49.5 Å². The van der Waals surface area contributed by atoms with Gasteiger partial charge in [-0.05, 0) is 12.1 Å². The molecule has 1 aromatic carbocycles. The number of carbonyl (C=O) groups is 1. The highest BCUT2D eigenvalue weighted by atomic mass is 32.2. The molecule has 0 aromatic heterocycles. The van der Waals surface area contributed by atoms with Crippen molar-refractivity contribution in [2.75, 3.05) is 5.75 Å². The molecule has 1 aliphatic heterocycles. The van der Waals surface area contributed by atoms with Crippen LogP contribution in [0.5, 0.6) is 0 Å². The fourth-order valence-corrected chi connectivity index (χ4v) is 3.38. The van der Waals surface area contributed by atoms with Crippen molar-refractivity contribution in [3.8, 4) is 0 Å². The first kappa shape index (κ1) is 13.0. The Hall–Kier alpha value is -1.41. The molecule has 2 rings (SSSR count). The van der Waals surface area contributed by atoms with Gasteiger partial charge in [0.25, 0.3) is 0 Å². The number of aldehydes is 1. The third-order valence-corrected chi connectivity index (χ3v) is 4.48. The second kappa shape index (κ2) is 3.79. The van der Waals surface area contributed by atoms with Gasteiger partial charge >= 0.3 is 5.92 Å². The predicted molar refractivity (Wildman–Crippen MR) is 53.7 cm³/mol. The van der Waals surface area contributed by atoms with Crippen LogP contribution in [0.15, 0.2) is 17.0 Å². The van der Waals surface area contributed by atoms with Crippen LogP contribution in [0.4, 0.5) is 13.2 Å². The van der Waals surface area contributed by atoms with E-state index in [2.05, 4.69) is 0 Å². The number of halogens is 3. The van der Waals surface area contributed by atoms with E-state index in [0.29, 0.717) is 12.1 Å². The van der Waals surface area contributed by atoms with Crippen molar-refractivity contribution in [2.45, 2.75) is 16.9 Å². The van der Waals surface area contributed by atoms with Crippen LogP contribution in [-0.2, 0) is 15.8 Å². The van der Waals surface area contributed by atoms with Gasteiger partial charge < -0.3 is 5.11 Å². The average molecular weight is 280 g/mol. The first-order valence-corrected chi connectivity index (χ1v) is 6.43. The molecule has 18 heavy (non-hydrogen) atoms. The Balaban J connectivity index is 2.84. The molecule has 98 valence electrons. The van der Waals surface area contributed by atoms with Crippen molar-refractivity contribution in [1.29, 1.82) is 0 Å². The minimum atomic E-state index is -4.20. The lowest BCUT2D eigenvalue weighted by Crippen LogP contribution is -2.42. The Morgan fingerprint density at radius 2 is 2.00 bits per heavy atom. The fourth-order valence-electron chi connectivity index (χ4n) is 1.76. The Morgan fingerprint density at radius 3 is 2.56 bits per heavy atom. The van der Waals surface area contributed by atoms with E-state index in [0.717, 1.165) is 0 Å². The molecule has 1 unspecified atom stereocenters. The number of alkyl halides is 2. The van der Waals surface area contributed by atoms with Crippen LogP contribution in [0.2, 0.25) is 0 Å². The monoisotopic (exact) mass is 280 g/mol. The largest absolute Gasteiger partial charge is 0.385 e. The maximum atomic E-state index is 13.6. The van der Waals surface area contributed by atoms with Crippen LogP contribution in [-0.4, -0.2) is 31.7 Å². The Bertz CT molecular complexity index is 624. The zero-order valence-electron chi connectivity index (χ0n) is 8.73. The highest BCUT2D eigenvalue weighted by molar-refractivity contribution is 7.91. The summed E-state index contributed by atoms with van der Waals surface area (Å²) in [6.07, 6.45) is -2.42. The van der Waals surface area contributed by atoms with Crippen LogP contribution >= 0.6 is 0 Å². The zero-order valence-corrected chi connectivity index (χ0v) is 9.55. The van der Waals surface area contributed by atoms with Gasteiger partial charge in [-0.2, -0.15) is 8.78 Å². The Labute approximate surface area is 100.0 Å². The molecular formula is C10H7F3O4S. The Kier molecular flexibility index (Phi) is 2.74. The third kappa shape index (κ3) is 1.72. The number of benzene rings is 1. The summed E-state index contributed by atoms with van der Waals surface area (Å²) in [5.74, 6) is -6.22. The zero-order chi connectivity index (χ0) is 13.7. The number of aliphatic hydroxyl groups excluding tert-OH is 1. The number of aliphatic hydroxyl groups is 1. The molecule has 0 saturated carbocycles. The maximum absolute atomic E-state index is 13.6. The minimum absolute atomic E-state index is 0.000695. The SMILES string of the molecule is O=Cc1cc2c(cc1F)S(=O)(=O)CC(O)C2(F)F. The van der Waals surface area contributed by atoms with E-state index in [-0.39, 0.29) is 6.29 Å². The molecule has 0 spiro atoms. The lowest BCUT2D eigenvalue weighted by molar-refractivity contribution is -0.109. The number of rotatable bonds is 1. The van der Waals surface area contributed by atoms with Crippen LogP contribution in [0.1, 0.15) is 15.9 Å². The fraction of sp³-hybridized carbons (Fsp3) is 0.300. The number of hydrogen-bond acceptors (Lipinski definition) is 4. The molecule has 0 bridgehead atoms. The van der Waals surface area contributed by atoms with E-state index in [1.807, 2.05) is 0 Å². The molecule has 0 fully saturated rings. The molecule has 1 N–H and O–H groups in total. The van der Waals surface area contributed by atoms with E-state index in [1.165, 1.54) is 0 Å². The number of sulfone groups is 1. The molecule has 0 amide bonds. The number of fused-ring (bicyclic) bond motifs is 1. The van der Waals surface area contributed by atoms with Gasteiger partial charge in [0.2, 0.25) is 0 Å². The van der Waals surface area contributed by atoms with Gasteiger partial charge in [-0.3, -0.25) is 4.79 Å². The van der Waals surface area contributed by atoms with Gasteiger partial charge in [0, 0.05) is 5.56 Å². The van der Waals surface area contributed by atoms with Crippen LogP contribution < -0.4 is 0 Å². The first-order valence-electron chi connectivity index (χ1n) is 4.78. The molecule has 1 aliphatic rings. The molecule has 1 heterocycles. The third-order valence-electron chi connectivity index (χ3n) is 2.72. The summed E-state index contributed by atoms with van der Waals surface area (Å²) >= 11 is 0. The average Bonchev–Trinajstić information content (AvgIpc) is 2.26. The molecule has 0 saturated heterocycles. The van der Waals surface area contributed by atoms with E-state index in [1.54, 1.807) is 0 Å². The van der Waals surface area contributed by atoms with Gasteiger partial charge in [-0.25, -0.2) is 12.8 Å². The lowest BCUT2D eigenvalue weighted by atomic mass is 10.0. The first-order chi connectivity index (χ1) is 8.20. The molecular weight excluding hydrogens is 273 g/mol. The Morgan fingerprint density at radius 1 is 1.39 bits per heavy atom. The topological polar surface area (TPSA) is 71.4 Å². The molecule has 0 aliphatic carbocycles. The lowest BCUT2D eigenvalue weighted by Gasteiger charge is -2.29. The van der Waals surface area contributed by atoms with Crippen LogP contribution in [0.3, 0.4) is 0 Å². The van der Waals surface area contributed by atoms with Crippen molar-refractivity contribution in [3.05, 3.63) is 29.1 Å². The highest BCUT2D eigenvalue weighted by Gasteiger charge is 2.50. The maximum Gasteiger partial charge on any atom is 0.300 e. The smallest absolute Gasteiger partial charge is 0.300 e. The van der Waals surface area contributed by atoms with Crippen LogP contribution in [0.25, 0.3) is 0 Å². The molecule has 0 radical (unpaired) electrons. The van der Waals surface area contributed by atoms with E-state index in [9.17, 15) is 26.4 Å². The van der Waals surface area contributed by atoms with Crippen molar-refractivity contribution >= 4 is 16.1 Å². The highest BCUT2D eigenvalue weighted by Crippen LogP contribution is 2.42. The van der Waals surface area contributed by atoms with Crippen molar-refractivity contribution in [2.24, 2.45) is 0 Å². The molecule has 1 aromatic rings. The van der Waals surface area contributed by atoms with Crippen LogP contribution in [0, 0.1) is 5.82 Å². The normalized spacial score (nSPS) is 24.3. The second-order valence-electron chi connectivity index (χ2n) is 3.91. The van der Waals surface area contributed by atoms with Gasteiger partial charge in [0.1, 0.15) is 11.9 Å². The summed E-state index contributed by atoms with van der Waals surface area (Å²) in [7, 11) is -4.20. The summed E-state index contributed by atoms with van der Waals surface area (Å²) in [5.41, 5.74) is -1.73. The van der Waals surface area contributed by atoms with Gasteiger partial charge in [0.15, 0.2) is 16.1 Å². The van der Waals surface area contributed by atoms with Gasteiger partial charge in [-0.15, -0.1) is 0 Å². The summed E-state index contributed by atoms with van der Waals surface area (Å²) < 4.78 is 63.7. The second-order valence-corrected chi connectivity index (χ2v) is 5.91. The quantitative estimate of drug-likeness (QED) is 0.775. The predicted octanol–water partition coefficient (Wildman–Crippen LogP) is 0.878.